The minimum atomic E-state index is -0.873. The van der Waals surface area contributed by atoms with E-state index in [1.807, 2.05) is 0 Å². The number of nitrogens with one attached hydrogen (secondary N) is 1. The van der Waals surface area contributed by atoms with Gasteiger partial charge in [0, 0.05) is 11.8 Å². The molecular formula is C14H11F2NO3. The van der Waals surface area contributed by atoms with Crippen LogP contribution in [0.5, 0.6) is 11.5 Å². The van der Waals surface area contributed by atoms with Crippen LogP contribution in [0.2, 0.25) is 0 Å². The Kier molecular flexibility index (Phi) is 4.14. The molecule has 0 spiro atoms. The van der Waals surface area contributed by atoms with Crippen molar-refractivity contribution in [2.45, 2.75) is 0 Å². The molecule has 2 aromatic rings. The molecule has 0 aliphatic rings. The molecule has 0 bridgehead atoms. The van der Waals surface area contributed by atoms with Gasteiger partial charge in [-0.2, -0.15) is 0 Å². The smallest absolute Gasteiger partial charge is 0.262 e. The summed E-state index contributed by atoms with van der Waals surface area (Å²) in [5.41, 5.74) is 0.468. The number of carbonyl (C=O) groups is 1. The zero-order valence-corrected chi connectivity index (χ0v) is 10.3. The fourth-order valence-electron chi connectivity index (χ4n) is 1.48. The van der Waals surface area contributed by atoms with E-state index in [0.29, 0.717) is 11.8 Å². The largest absolute Gasteiger partial charge is 0.508 e. The maximum absolute atomic E-state index is 13.2. The number of phenols is 1. The Morgan fingerprint density at radius 2 is 1.85 bits per heavy atom. The summed E-state index contributed by atoms with van der Waals surface area (Å²) in [6.45, 7) is -0.413. The Morgan fingerprint density at radius 3 is 2.50 bits per heavy atom. The number of carbonyl (C=O) groups excluding carboxylic acids is 1. The van der Waals surface area contributed by atoms with Crippen molar-refractivity contribution in [3.8, 4) is 11.5 Å². The molecule has 0 saturated heterocycles. The Bertz CT molecular complexity index is 614. The molecule has 2 rings (SSSR count). The van der Waals surface area contributed by atoms with Crippen molar-refractivity contribution in [3.05, 3.63) is 54.1 Å². The number of amides is 1. The van der Waals surface area contributed by atoms with Crippen LogP contribution < -0.4 is 10.1 Å². The van der Waals surface area contributed by atoms with Crippen LogP contribution in [0.25, 0.3) is 0 Å². The van der Waals surface area contributed by atoms with Gasteiger partial charge in [0.15, 0.2) is 18.2 Å². The normalized spacial score (nSPS) is 10.1. The van der Waals surface area contributed by atoms with Crippen molar-refractivity contribution < 1.29 is 23.4 Å². The predicted octanol–water partition coefficient (Wildman–Crippen LogP) is 2.69. The van der Waals surface area contributed by atoms with Crippen molar-refractivity contribution >= 4 is 11.6 Å². The highest BCUT2D eigenvalue weighted by atomic mass is 19.1. The molecule has 2 aromatic carbocycles. The third kappa shape index (κ3) is 3.68. The summed E-state index contributed by atoms with van der Waals surface area (Å²) < 4.78 is 30.9. The van der Waals surface area contributed by atoms with Crippen molar-refractivity contribution in [2.75, 3.05) is 11.9 Å². The van der Waals surface area contributed by atoms with Gasteiger partial charge < -0.3 is 15.2 Å². The predicted molar refractivity (Wildman–Crippen MR) is 68.6 cm³/mol. The molecule has 6 heteroatoms. The number of benzene rings is 2. The lowest BCUT2D eigenvalue weighted by Gasteiger charge is -2.08. The van der Waals surface area contributed by atoms with Crippen LogP contribution in [0.15, 0.2) is 42.5 Å². The van der Waals surface area contributed by atoms with Crippen molar-refractivity contribution in [1.29, 1.82) is 0 Å². The van der Waals surface area contributed by atoms with E-state index in [1.165, 1.54) is 24.3 Å². The lowest BCUT2D eigenvalue weighted by Crippen LogP contribution is -2.20. The standard InChI is InChI=1S/C14H11F2NO3/c15-9-1-6-13(12(16)7-9)20-8-14(19)17-10-2-4-11(18)5-3-10/h1-7,18H,8H2,(H,17,19). The lowest BCUT2D eigenvalue weighted by molar-refractivity contribution is -0.118. The highest BCUT2D eigenvalue weighted by Gasteiger charge is 2.08. The number of halogens is 2. The Balaban J connectivity index is 1.90. The number of hydrogen-bond acceptors (Lipinski definition) is 3. The highest BCUT2D eigenvalue weighted by Crippen LogP contribution is 2.18. The number of anilines is 1. The molecule has 0 radical (unpaired) electrons. The van der Waals surface area contributed by atoms with Gasteiger partial charge in [-0.1, -0.05) is 0 Å². The van der Waals surface area contributed by atoms with Crippen LogP contribution in [0, 0.1) is 11.6 Å². The van der Waals surface area contributed by atoms with Gasteiger partial charge in [-0.05, 0) is 36.4 Å². The molecule has 0 aromatic heterocycles. The molecule has 2 N–H and O–H groups in total. The van der Waals surface area contributed by atoms with E-state index in [4.69, 9.17) is 9.84 Å². The summed E-state index contributed by atoms with van der Waals surface area (Å²) in [7, 11) is 0. The molecule has 1 amide bonds. The monoisotopic (exact) mass is 279 g/mol. The van der Waals surface area contributed by atoms with E-state index in [0.717, 1.165) is 12.1 Å². The first-order valence-electron chi connectivity index (χ1n) is 5.71. The molecule has 4 nitrogen and oxygen atoms in total. The average Bonchev–Trinajstić information content (AvgIpc) is 2.40. The Hall–Kier alpha value is -2.63. The van der Waals surface area contributed by atoms with Crippen molar-refractivity contribution in [3.63, 3.8) is 0 Å². The topological polar surface area (TPSA) is 58.6 Å². The fourth-order valence-corrected chi connectivity index (χ4v) is 1.48. The summed E-state index contributed by atoms with van der Waals surface area (Å²) in [5.74, 6) is -2.22. The first-order valence-corrected chi connectivity index (χ1v) is 5.71. The van der Waals surface area contributed by atoms with Gasteiger partial charge in [0.05, 0.1) is 0 Å². The molecule has 0 aliphatic carbocycles. The average molecular weight is 279 g/mol. The number of hydrogen-bond donors (Lipinski definition) is 2. The van der Waals surface area contributed by atoms with Crippen LogP contribution in [-0.4, -0.2) is 17.6 Å². The molecule has 0 fully saturated rings. The van der Waals surface area contributed by atoms with Gasteiger partial charge in [-0.3, -0.25) is 4.79 Å². The molecule has 104 valence electrons. The number of aromatic hydroxyl groups is 1. The van der Waals surface area contributed by atoms with Gasteiger partial charge in [0.1, 0.15) is 11.6 Å². The summed E-state index contributed by atoms with van der Waals surface area (Å²) >= 11 is 0. The molecule has 0 saturated carbocycles. The Morgan fingerprint density at radius 1 is 1.15 bits per heavy atom. The van der Waals surface area contributed by atoms with Crippen LogP contribution in [0.4, 0.5) is 14.5 Å². The van der Waals surface area contributed by atoms with Crippen LogP contribution >= 0.6 is 0 Å². The van der Waals surface area contributed by atoms with Gasteiger partial charge in [-0.25, -0.2) is 8.78 Å². The van der Waals surface area contributed by atoms with Crippen molar-refractivity contribution in [2.24, 2.45) is 0 Å². The third-order valence-corrected chi connectivity index (χ3v) is 2.40. The quantitative estimate of drug-likeness (QED) is 0.846. The minimum Gasteiger partial charge on any atom is -0.508 e. The molecule has 0 aliphatic heterocycles. The molecular weight excluding hydrogens is 268 g/mol. The van der Waals surface area contributed by atoms with Gasteiger partial charge >= 0.3 is 0 Å². The van der Waals surface area contributed by atoms with Gasteiger partial charge in [-0.15, -0.1) is 0 Å². The van der Waals surface area contributed by atoms with E-state index >= 15 is 0 Å². The van der Waals surface area contributed by atoms with E-state index in [1.54, 1.807) is 0 Å². The van der Waals surface area contributed by atoms with Crippen LogP contribution in [0.3, 0.4) is 0 Å². The highest BCUT2D eigenvalue weighted by molar-refractivity contribution is 5.91. The fraction of sp³-hybridized carbons (Fsp3) is 0.0714. The second-order valence-corrected chi connectivity index (χ2v) is 3.96. The lowest BCUT2D eigenvalue weighted by atomic mass is 10.3. The SMILES string of the molecule is O=C(COc1ccc(F)cc1F)Nc1ccc(O)cc1. The van der Waals surface area contributed by atoms with E-state index < -0.39 is 24.1 Å². The van der Waals surface area contributed by atoms with Crippen LogP contribution in [0.1, 0.15) is 0 Å². The molecule has 0 atom stereocenters. The Labute approximate surface area is 113 Å². The third-order valence-electron chi connectivity index (χ3n) is 2.40. The van der Waals surface area contributed by atoms with Crippen molar-refractivity contribution in [1.82, 2.24) is 0 Å². The van der Waals surface area contributed by atoms with E-state index in [-0.39, 0.29) is 11.5 Å². The molecule has 0 heterocycles. The van der Waals surface area contributed by atoms with E-state index in [9.17, 15) is 13.6 Å². The summed E-state index contributed by atoms with van der Waals surface area (Å²) in [6, 6.07) is 8.66. The first kappa shape index (κ1) is 13.8. The van der Waals surface area contributed by atoms with E-state index in [2.05, 4.69) is 5.32 Å². The number of rotatable bonds is 4. The summed E-state index contributed by atoms with van der Waals surface area (Å²) in [5, 5.41) is 11.6. The summed E-state index contributed by atoms with van der Waals surface area (Å²) in [4.78, 5) is 11.6. The minimum absolute atomic E-state index is 0.0765. The molecule has 20 heavy (non-hydrogen) atoms. The zero-order chi connectivity index (χ0) is 14.5. The van der Waals surface area contributed by atoms with Crippen LogP contribution in [-0.2, 0) is 4.79 Å². The molecule has 0 unspecified atom stereocenters. The van der Waals surface area contributed by atoms with Gasteiger partial charge in [0.2, 0.25) is 0 Å². The number of phenolic OH excluding ortho intramolecular Hbond substituents is 1. The second-order valence-electron chi connectivity index (χ2n) is 3.96. The zero-order valence-electron chi connectivity index (χ0n) is 10.3. The van der Waals surface area contributed by atoms with Gasteiger partial charge in [0.25, 0.3) is 5.91 Å². The maximum Gasteiger partial charge on any atom is 0.262 e. The maximum atomic E-state index is 13.2. The number of ether oxygens (including phenoxy) is 1. The summed E-state index contributed by atoms with van der Waals surface area (Å²) in [6.07, 6.45) is 0. The second kappa shape index (κ2) is 6.01. The first-order chi connectivity index (χ1) is 9.54.